The van der Waals surface area contributed by atoms with Gasteiger partial charge in [-0.1, -0.05) is 6.07 Å². The quantitative estimate of drug-likeness (QED) is 0.678. The first-order valence-electron chi connectivity index (χ1n) is 11.8. The molecule has 1 amide bonds. The molecule has 1 atom stereocenters. The van der Waals surface area contributed by atoms with Crippen molar-refractivity contribution in [2.45, 2.75) is 90.6 Å². The summed E-state index contributed by atoms with van der Waals surface area (Å²) in [5.74, 6) is -0.0220. The number of hydrogen-bond acceptors (Lipinski definition) is 6. The van der Waals surface area contributed by atoms with Crippen LogP contribution in [0.1, 0.15) is 75.9 Å². The lowest BCUT2D eigenvalue weighted by Gasteiger charge is -2.37. The summed E-state index contributed by atoms with van der Waals surface area (Å²) in [7, 11) is -0.667. The third-order valence-corrected chi connectivity index (χ3v) is 6.54. The molecule has 1 N–H and O–H groups in total. The van der Waals surface area contributed by atoms with Gasteiger partial charge in [-0.2, -0.15) is 9.78 Å². The van der Waals surface area contributed by atoms with E-state index >= 15 is 0 Å². The number of aryl methyl sites for hydroxylation is 1. The first-order valence-corrected chi connectivity index (χ1v) is 11.8. The number of aromatic nitrogens is 2. The van der Waals surface area contributed by atoms with Gasteiger partial charge in [0, 0.05) is 35.9 Å². The Morgan fingerprint density at radius 3 is 2.56 bits per heavy atom. The van der Waals surface area contributed by atoms with Crippen LogP contribution >= 0.6 is 0 Å². The minimum absolute atomic E-state index is 0.0220. The van der Waals surface area contributed by atoms with E-state index in [0.29, 0.717) is 23.5 Å². The van der Waals surface area contributed by atoms with Gasteiger partial charge in [-0.25, -0.2) is 4.79 Å². The highest BCUT2D eigenvalue weighted by atomic mass is 16.7. The fourth-order valence-corrected chi connectivity index (χ4v) is 3.95. The van der Waals surface area contributed by atoms with E-state index in [2.05, 4.69) is 10.4 Å². The largest absolute Gasteiger partial charge is 0.498 e. The van der Waals surface area contributed by atoms with Crippen molar-refractivity contribution in [3.05, 3.63) is 47.3 Å². The normalized spacial score (nSPS) is 22.0. The van der Waals surface area contributed by atoms with Crippen molar-refractivity contribution in [2.75, 3.05) is 0 Å². The number of carbonyl (C=O) groups excluding carboxylic acids is 2. The Balaban J connectivity index is 1.48. The molecule has 2 aromatic rings. The Morgan fingerprint density at radius 1 is 1.24 bits per heavy atom. The smallest absolute Gasteiger partial charge is 0.442 e. The molecule has 2 aliphatic rings. The third kappa shape index (κ3) is 5.20. The van der Waals surface area contributed by atoms with E-state index in [-0.39, 0.29) is 5.91 Å². The Morgan fingerprint density at radius 2 is 1.94 bits per heavy atom. The minimum atomic E-state index is -0.667. The van der Waals surface area contributed by atoms with Crippen LogP contribution in [0, 0.1) is 6.92 Å². The maximum absolute atomic E-state index is 12.4. The number of rotatable bonds is 5. The van der Waals surface area contributed by atoms with Crippen molar-refractivity contribution < 1.29 is 23.6 Å². The van der Waals surface area contributed by atoms with Crippen LogP contribution in [0.5, 0.6) is 0 Å². The molecule has 8 nitrogen and oxygen atoms in total. The summed E-state index contributed by atoms with van der Waals surface area (Å²) in [6, 6.07) is 6.12. The lowest BCUT2D eigenvalue weighted by Crippen LogP contribution is -2.46. The summed E-state index contributed by atoms with van der Waals surface area (Å²) in [6.45, 7) is 13.5. The van der Waals surface area contributed by atoms with E-state index < -0.39 is 30.0 Å². The SMILES string of the molecule is Cc1cc(C(=O)NC2CC2)ccc1CC1(C)OB(c2cnn(C(=O)OC(C)(C)C)c2)OC1(C)C. The van der Waals surface area contributed by atoms with Gasteiger partial charge in [0.05, 0.1) is 11.2 Å². The standard InChI is InChI=1S/C25H34BN3O5/c1-16-12-17(21(30)28-20-10-11-20)8-9-18(16)13-25(7)24(5,6)33-26(34-25)19-14-27-29(15-19)22(31)32-23(2,3)4/h8-9,12,14-15,20H,10-11,13H2,1-7H3,(H,28,30). The van der Waals surface area contributed by atoms with Gasteiger partial charge in [-0.15, -0.1) is 0 Å². The monoisotopic (exact) mass is 467 g/mol. The van der Waals surface area contributed by atoms with Gasteiger partial charge in [0.1, 0.15) is 5.60 Å². The molecule has 4 rings (SSSR count). The van der Waals surface area contributed by atoms with Crippen molar-refractivity contribution in [1.29, 1.82) is 0 Å². The molecule has 182 valence electrons. The molecule has 2 fully saturated rings. The van der Waals surface area contributed by atoms with E-state index in [1.807, 2.05) is 45.9 Å². The third-order valence-electron chi connectivity index (χ3n) is 6.54. The number of carbonyl (C=O) groups is 2. The van der Waals surface area contributed by atoms with Crippen LogP contribution in [0.4, 0.5) is 4.79 Å². The average Bonchev–Trinajstić information content (AvgIpc) is 3.31. The summed E-state index contributed by atoms with van der Waals surface area (Å²) >= 11 is 0. The number of hydrogen-bond donors (Lipinski definition) is 1. The lowest BCUT2D eigenvalue weighted by atomic mass is 9.81. The molecule has 1 aromatic heterocycles. The minimum Gasteiger partial charge on any atom is -0.442 e. The summed E-state index contributed by atoms with van der Waals surface area (Å²) in [4.78, 5) is 24.7. The van der Waals surface area contributed by atoms with Gasteiger partial charge in [0.15, 0.2) is 0 Å². The molecule has 1 aliphatic heterocycles. The second-order valence-electron chi connectivity index (χ2n) is 11.1. The van der Waals surface area contributed by atoms with E-state index in [1.165, 1.54) is 0 Å². The maximum atomic E-state index is 12.4. The fourth-order valence-electron chi connectivity index (χ4n) is 3.95. The molecule has 0 bridgehead atoms. The average molecular weight is 467 g/mol. The van der Waals surface area contributed by atoms with Gasteiger partial charge in [-0.05, 0) is 84.6 Å². The molecule has 0 spiro atoms. The van der Waals surface area contributed by atoms with Gasteiger partial charge in [0.2, 0.25) is 0 Å². The second kappa shape index (κ2) is 8.54. The number of nitrogens with zero attached hydrogens (tertiary/aromatic N) is 2. The van der Waals surface area contributed by atoms with Gasteiger partial charge in [-0.3, -0.25) is 4.79 Å². The second-order valence-corrected chi connectivity index (χ2v) is 11.1. The molecule has 0 radical (unpaired) electrons. The van der Waals surface area contributed by atoms with Crippen LogP contribution in [-0.4, -0.2) is 51.7 Å². The highest BCUT2D eigenvalue weighted by Gasteiger charge is 2.55. The first-order chi connectivity index (χ1) is 15.8. The zero-order chi connectivity index (χ0) is 24.9. The van der Waals surface area contributed by atoms with Gasteiger partial charge >= 0.3 is 13.2 Å². The summed E-state index contributed by atoms with van der Waals surface area (Å²) in [5, 5.41) is 7.17. The molecule has 1 saturated heterocycles. The lowest BCUT2D eigenvalue weighted by molar-refractivity contribution is -0.00886. The van der Waals surface area contributed by atoms with Crippen LogP contribution in [0.25, 0.3) is 0 Å². The van der Waals surface area contributed by atoms with Crippen LogP contribution in [-0.2, 0) is 20.5 Å². The van der Waals surface area contributed by atoms with E-state index in [4.69, 9.17) is 14.0 Å². The van der Waals surface area contributed by atoms with Crippen molar-refractivity contribution in [3.63, 3.8) is 0 Å². The van der Waals surface area contributed by atoms with Crippen molar-refractivity contribution in [2.24, 2.45) is 0 Å². The Hall–Kier alpha value is -2.65. The number of benzene rings is 1. The molecule has 1 unspecified atom stereocenters. The highest BCUT2D eigenvalue weighted by Crippen LogP contribution is 2.40. The molecule has 9 heteroatoms. The summed E-state index contributed by atoms with van der Waals surface area (Å²) in [6.07, 6.45) is 5.32. The molecule has 1 aliphatic carbocycles. The molecule has 2 heterocycles. The van der Waals surface area contributed by atoms with Crippen LogP contribution in [0.3, 0.4) is 0 Å². The van der Waals surface area contributed by atoms with E-state index in [0.717, 1.165) is 28.7 Å². The zero-order valence-electron chi connectivity index (χ0n) is 21.1. The zero-order valence-corrected chi connectivity index (χ0v) is 21.1. The van der Waals surface area contributed by atoms with Crippen LogP contribution in [0.2, 0.25) is 0 Å². The molecule has 1 aromatic carbocycles. The predicted molar refractivity (Wildman–Crippen MR) is 129 cm³/mol. The van der Waals surface area contributed by atoms with Crippen molar-refractivity contribution in [1.82, 2.24) is 15.1 Å². The number of ether oxygens (including phenoxy) is 1. The van der Waals surface area contributed by atoms with Gasteiger partial charge < -0.3 is 19.4 Å². The summed E-state index contributed by atoms with van der Waals surface area (Å²) in [5.41, 5.74) is 1.57. The molecule has 34 heavy (non-hydrogen) atoms. The molecule has 1 saturated carbocycles. The van der Waals surface area contributed by atoms with Crippen LogP contribution < -0.4 is 10.8 Å². The predicted octanol–water partition coefficient (Wildman–Crippen LogP) is 3.39. The first kappa shape index (κ1) is 24.5. The van der Waals surface area contributed by atoms with Crippen molar-refractivity contribution in [3.8, 4) is 0 Å². The Bertz CT molecular complexity index is 1100. The maximum Gasteiger partial charge on any atom is 0.498 e. The Kier molecular flexibility index (Phi) is 6.15. The van der Waals surface area contributed by atoms with Crippen LogP contribution in [0.15, 0.2) is 30.6 Å². The van der Waals surface area contributed by atoms with E-state index in [1.54, 1.807) is 33.2 Å². The molecular formula is C25H34BN3O5. The van der Waals surface area contributed by atoms with Crippen molar-refractivity contribution >= 4 is 24.6 Å². The number of amides is 1. The van der Waals surface area contributed by atoms with E-state index in [9.17, 15) is 9.59 Å². The highest BCUT2D eigenvalue weighted by molar-refractivity contribution is 6.62. The number of nitrogens with one attached hydrogen (secondary N) is 1. The van der Waals surface area contributed by atoms with Gasteiger partial charge in [0.25, 0.3) is 5.91 Å². The topological polar surface area (TPSA) is 91.7 Å². The molecular weight excluding hydrogens is 433 g/mol. The summed E-state index contributed by atoms with van der Waals surface area (Å²) < 4.78 is 19.2. The fraction of sp³-hybridized carbons (Fsp3) is 0.560. The Labute approximate surface area is 201 Å².